The molecule has 31 heavy (non-hydrogen) atoms. The summed E-state index contributed by atoms with van der Waals surface area (Å²) >= 11 is 0. The molecule has 0 fully saturated rings. The minimum atomic E-state index is -3.23. The third-order valence-corrected chi connectivity index (χ3v) is 4.90. The molecule has 0 aromatic heterocycles. The summed E-state index contributed by atoms with van der Waals surface area (Å²) in [5.74, 6) is 0.803. The van der Waals surface area contributed by atoms with Crippen molar-refractivity contribution in [2.24, 2.45) is 4.99 Å². The summed E-state index contributed by atoms with van der Waals surface area (Å²) < 4.78 is 42.8. The molecule has 0 saturated carbocycles. The summed E-state index contributed by atoms with van der Waals surface area (Å²) in [6, 6.07) is 11.9. The van der Waals surface area contributed by atoms with Crippen LogP contribution in [0.2, 0.25) is 0 Å². The standard InChI is InChI=1S/C22H30FN3O3S.HI/c1-5-24-22(25-13-17-7-6-8-21(11-17)29-16(2)3)26-14-19-12-20(23)10-9-18(19)15-30(4,27)28;/h6-12,16H,5,13-15H2,1-4H3,(H2,24,25,26);1H. The molecule has 0 atom stereocenters. The number of guanidine groups is 1. The van der Waals surface area contributed by atoms with E-state index in [1.54, 1.807) is 0 Å². The second-order valence-electron chi connectivity index (χ2n) is 7.35. The van der Waals surface area contributed by atoms with Crippen molar-refractivity contribution in [2.75, 3.05) is 12.8 Å². The van der Waals surface area contributed by atoms with Gasteiger partial charge in [-0.1, -0.05) is 18.2 Å². The van der Waals surface area contributed by atoms with Crippen LogP contribution in [0.3, 0.4) is 0 Å². The van der Waals surface area contributed by atoms with Crippen LogP contribution in [0, 0.1) is 5.82 Å². The summed E-state index contributed by atoms with van der Waals surface area (Å²) in [5, 5.41) is 6.30. The second kappa shape index (κ2) is 12.8. The van der Waals surface area contributed by atoms with Crippen molar-refractivity contribution < 1.29 is 17.5 Å². The number of nitrogens with zero attached hydrogens (tertiary/aromatic N) is 1. The van der Waals surface area contributed by atoms with Crippen LogP contribution in [0.4, 0.5) is 4.39 Å². The SMILES string of the molecule is CCNC(=NCc1cccc(OC(C)C)c1)NCc1cc(F)ccc1CS(C)(=O)=O.I. The lowest BCUT2D eigenvalue weighted by Crippen LogP contribution is -2.37. The van der Waals surface area contributed by atoms with Gasteiger partial charge in [0, 0.05) is 19.3 Å². The summed E-state index contributed by atoms with van der Waals surface area (Å²) in [7, 11) is -3.23. The zero-order valence-electron chi connectivity index (χ0n) is 18.3. The first-order valence-electron chi connectivity index (χ1n) is 9.89. The largest absolute Gasteiger partial charge is 0.491 e. The van der Waals surface area contributed by atoms with Crippen molar-refractivity contribution in [2.45, 2.75) is 45.7 Å². The highest BCUT2D eigenvalue weighted by molar-refractivity contribution is 14.0. The van der Waals surface area contributed by atoms with Crippen molar-refractivity contribution in [1.29, 1.82) is 0 Å². The number of halogens is 2. The lowest BCUT2D eigenvalue weighted by molar-refractivity contribution is 0.242. The second-order valence-corrected chi connectivity index (χ2v) is 9.49. The lowest BCUT2D eigenvalue weighted by atomic mass is 10.1. The van der Waals surface area contributed by atoms with Gasteiger partial charge in [0.2, 0.25) is 0 Å². The van der Waals surface area contributed by atoms with Gasteiger partial charge < -0.3 is 15.4 Å². The van der Waals surface area contributed by atoms with Gasteiger partial charge in [-0.3, -0.25) is 0 Å². The van der Waals surface area contributed by atoms with Crippen LogP contribution in [-0.4, -0.2) is 33.3 Å². The Kier molecular flexibility index (Phi) is 11.3. The van der Waals surface area contributed by atoms with Crippen LogP contribution >= 0.6 is 24.0 Å². The molecule has 0 bridgehead atoms. The Bertz CT molecular complexity index is 982. The number of ether oxygens (including phenoxy) is 1. The predicted molar refractivity (Wildman–Crippen MR) is 134 cm³/mol. The Balaban J connectivity index is 0.00000480. The van der Waals surface area contributed by atoms with Crippen LogP contribution in [0.1, 0.15) is 37.5 Å². The van der Waals surface area contributed by atoms with E-state index < -0.39 is 15.7 Å². The number of hydrogen-bond acceptors (Lipinski definition) is 4. The molecule has 9 heteroatoms. The van der Waals surface area contributed by atoms with Crippen molar-refractivity contribution in [1.82, 2.24) is 10.6 Å². The maximum Gasteiger partial charge on any atom is 0.191 e. The third kappa shape index (κ3) is 10.3. The Morgan fingerprint density at radius 3 is 2.52 bits per heavy atom. The average molecular weight is 563 g/mol. The average Bonchev–Trinajstić information content (AvgIpc) is 2.64. The number of hydrogen-bond donors (Lipinski definition) is 2. The van der Waals surface area contributed by atoms with Crippen molar-refractivity contribution in [3.8, 4) is 5.75 Å². The summed E-state index contributed by atoms with van der Waals surface area (Å²) in [5.41, 5.74) is 2.15. The van der Waals surface area contributed by atoms with Gasteiger partial charge in [-0.05, 0) is 61.7 Å². The lowest BCUT2D eigenvalue weighted by Gasteiger charge is -2.14. The number of nitrogens with one attached hydrogen (secondary N) is 2. The molecule has 0 amide bonds. The topological polar surface area (TPSA) is 79.8 Å². The van der Waals surface area contributed by atoms with E-state index in [2.05, 4.69) is 15.6 Å². The third-order valence-electron chi connectivity index (χ3n) is 4.07. The predicted octanol–water partition coefficient (Wildman–Crippen LogP) is 4.03. The molecule has 172 valence electrons. The van der Waals surface area contributed by atoms with E-state index in [-0.39, 0.29) is 42.4 Å². The Labute approximate surface area is 201 Å². The van der Waals surface area contributed by atoms with Crippen LogP contribution in [0.15, 0.2) is 47.5 Å². The molecule has 0 aliphatic rings. The summed E-state index contributed by atoms with van der Waals surface area (Å²) in [4.78, 5) is 4.57. The molecule has 0 radical (unpaired) electrons. The number of benzene rings is 2. The molecule has 2 aromatic carbocycles. The van der Waals surface area contributed by atoms with E-state index in [4.69, 9.17) is 4.74 Å². The maximum absolute atomic E-state index is 13.7. The van der Waals surface area contributed by atoms with Crippen LogP contribution in [-0.2, 0) is 28.7 Å². The van der Waals surface area contributed by atoms with E-state index in [9.17, 15) is 12.8 Å². The van der Waals surface area contributed by atoms with Crippen molar-refractivity contribution in [3.63, 3.8) is 0 Å². The van der Waals surface area contributed by atoms with E-state index >= 15 is 0 Å². The fourth-order valence-corrected chi connectivity index (χ4v) is 3.71. The Morgan fingerprint density at radius 2 is 1.87 bits per heavy atom. The van der Waals surface area contributed by atoms with Gasteiger partial charge in [-0.15, -0.1) is 24.0 Å². The molecule has 2 rings (SSSR count). The van der Waals surface area contributed by atoms with E-state index in [1.165, 1.54) is 18.2 Å². The molecule has 0 saturated heterocycles. The van der Waals surface area contributed by atoms with Crippen LogP contribution in [0.5, 0.6) is 5.75 Å². The first-order valence-corrected chi connectivity index (χ1v) is 11.9. The Morgan fingerprint density at radius 1 is 1.13 bits per heavy atom. The highest BCUT2D eigenvalue weighted by atomic mass is 127. The highest BCUT2D eigenvalue weighted by Gasteiger charge is 2.11. The van der Waals surface area contributed by atoms with Crippen LogP contribution in [0.25, 0.3) is 0 Å². The summed E-state index contributed by atoms with van der Waals surface area (Å²) in [6.45, 7) is 7.24. The molecule has 0 aliphatic carbocycles. The van der Waals surface area contributed by atoms with E-state index in [1.807, 2.05) is 45.0 Å². The molecule has 0 spiro atoms. The van der Waals surface area contributed by atoms with E-state index in [0.717, 1.165) is 17.6 Å². The molecule has 0 unspecified atom stereocenters. The fraction of sp³-hybridized carbons (Fsp3) is 0.409. The highest BCUT2D eigenvalue weighted by Crippen LogP contribution is 2.16. The number of sulfone groups is 1. The number of aliphatic imine (C=N–C) groups is 1. The Hall–Kier alpha value is -1.88. The van der Waals surface area contributed by atoms with Gasteiger partial charge in [0.05, 0.1) is 18.4 Å². The summed E-state index contributed by atoms with van der Waals surface area (Å²) in [6.07, 6.45) is 1.26. The van der Waals surface area contributed by atoms with Gasteiger partial charge in [-0.25, -0.2) is 17.8 Å². The van der Waals surface area contributed by atoms with Crippen molar-refractivity contribution in [3.05, 3.63) is 65.0 Å². The van der Waals surface area contributed by atoms with Gasteiger partial charge >= 0.3 is 0 Å². The molecule has 0 aliphatic heterocycles. The van der Waals surface area contributed by atoms with Gasteiger partial charge in [0.1, 0.15) is 11.6 Å². The first-order chi connectivity index (χ1) is 14.2. The number of rotatable bonds is 9. The first kappa shape index (κ1) is 27.2. The minimum Gasteiger partial charge on any atom is -0.491 e. The molecular weight excluding hydrogens is 532 g/mol. The van der Waals surface area contributed by atoms with Crippen molar-refractivity contribution >= 4 is 39.8 Å². The maximum atomic E-state index is 13.7. The molecule has 0 heterocycles. The smallest absolute Gasteiger partial charge is 0.191 e. The van der Waals surface area contributed by atoms with E-state index in [0.29, 0.717) is 30.2 Å². The zero-order valence-corrected chi connectivity index (χ0v) is 21.5. The monoisotopic (exact) mass is 563 g/mol. The zero-order chi connectivity index (χ0) is 22.1. The molecule has 2 N–H and O–H groups in total. The van der Waals surface area contributed by atoms with Gasteiger partial charge in [0.25, 0.3) is 0 Å². The quantitative estimate of drug-likeness (QED) is 0.274. The normalized spacial score (nSPS) is 11.7. The van der Waals surface area contributed by atoms with Crippen LogP contribution < -0.4 is 15.4 Å². The molecule has 2 aromatic rings. The fourth-order valence-electron chi connectivity index (χ4n) is 2.86. The minimum absolute atomic E-state index is 0. The molecular formula is C22H31FIN3O3S. The van der Waals surface area contributed by atoms with Gasteiger partial charge in [0.15, 0.2) is 15.8 Å². The van der Waals surface area contributed by atoms with Gasteiger partial charge in [-0.2, -0.15) is 0 Å². The molecule has 6 nitrogen and oxygen atoms in total.